The molecule has 0 aliphatic heterocycles. The van der Waals surface area contributed by atoms with Crippen molar-refractivity contribution in [2.24, 2.45) is 0 Å². The zero-order valence-corrected chi connectivity index (χ0v) is 10.5. The molecular weight excluding hydrogens is 212 g/mol. The number of hydrogen-bond donors (Lipinski definition) is 2. The highest BCUT2D eigenvalue weighted by Gasteiger charge is 2.17. The summed E-state index contributed by atoms with van der Waals surface area (Å²) in [5, 5.41) is 19.4. The monoisotopic (exact) mass is 232 g/mol. The molecule has 0 aliphatic rings. The first-order chi connectivity index (χ1) is 7.93. The van der Waals surface area contributed by atoms with Crippen molar-refractivity contribution in [2.75, 3.05) is 0 Å². The van der Waals surface area contributed by atoms with Crippen LogP contribution in [0.5, 0.6) is 11.5 Å². The van der Waals surface area contributed by atoms with Gasteiger partial charge in [-0.05, 0) is 32.8 Å². The van der Waals surface area contributed by atoms with Crippen LogP contribution in [0.4, 0.5) is 0 Å². The van der Waals surface area contributed by atoms with Gasteiger partial charge in [0, 0.05) is 11.5 Å². The zero-order chi connectivity index (χ0) is 13.0. The molecule has 1 aromatic rings. The van der Waals surface area contributed by atoms with Crippen molar-refractivity contribution in [3.63, 3.8) is 0 Å². The first-order valence-electron chi connectivity index (χ1n) is 5.74. The Hall–Kier alpha value is -1.70. The summed E-state index contributed by atoms with van der Waals surface area (Å²) in [4.78, 5) is 0. The van der Waals surface area contributed by atoms with Crippen LogP contribution < -0.4 is 0 Å². The Morgan fingerprint density at radius 1 is 1.24 bits per heavy atom. The van der Waals surface area contributed by atoms with Gasteiger partial charge in [0.05, 0.1) is 0 Å². The molecule has 0 spiro atoms. The smallest absolute Gasteiger partial charge is 0.161 e. The molecule has 1 atom stereocenters. The molecule has 1 aromatic carbocycles. The fourth-order valence-corrected chi connectivity index (χ4v) is 1.89. The number of benzene rings is 1. The topological polar surface area (TPSA) is 40.5 Å². The van der Waals surface area contributed by atoms with E-state index >= 15 is 0 Å². The van der Waals surface area contributed by atoms with Crippen molar-refractivity contribution in [1.82, 2.24) is 0 Å². The van der Waals surface area contributed by atoms with E-state index in [9.17, 15) is 10.2 Å². The third-order valence-corrected chi connectivity index (χ3v) is 2.88. The van der Waals surface area contributed by atoms with Gasteiger partial charge in [0.25, 0.3) is 0 Å². The van der Waals surface area contributed by atoms with Crippen molar-refractivity contribution in [3.05, 3.63) is 48.1 Å². The van der Waals surface area contributed by atoms with Crippen LogP contribution in [0.15, 0.2) is 42.5 Å². The average molecular weight is 232 g/mol. The van der Waals surface area contributed by atoms with Crippen molar-refractivity contribution in [1.29, 1.82) is 0 Å². The van der Waals surface area contributed by atoms with Crippen molar-refractivity contribution < 1.29 is 10.2 Å². The quantitative estimate of drug-likeness (QED) is 0.592. The summed E-state index contributed by atoms with van der Waals surface area (Å²) in [7, 11) is 0. The number of phenols is 2. The summed E-state index contributed by atoms with van der Waals surface area (Å²) in [5.41, 5.74) is 2.82. The van der Waals surface area contributed by atoms with Crippen LogP contribution in [-0.2, 0) is 0 Å². The van der Waals surface area contributed by atoms with Gasteiger partial charge in [-0.1, -0.05) is 29.9 Å². The summed E-state index contributed by atoms with van der Waals surface area (Å²) in [6.07, 6.45) is 1.73. The van der Waals surface area contributed by atoms with Crippen molar-refractivity contribution in [3.8, 4) is 11.5 Å². The van der Waals surface area contributed by atoms with Crippen LogP contribution in [0.1, 0.15) is 38.2 Å². The molecule has 1 rings (SSSR count). The molecule has 2 heteroatoms. The second-order valence-corrected chi connectivity index (χ2v) is 4.61. The molecule has 2 nitrogen and oxygen atoms in total. The van der Waals surface area contributed by atoms with Crippen LogP contribution in [0, 0.1) is 0 Å². The molecule has 0 fully saturated rings. The summed E-state index contributed by atoms with van der Waals surface area (Å²) in [5.74, 6) is -0.0647. The highest BCUT2D eigenvalue weighted by Crippen LogP contribution is 2.38. The van der Waals surface area contributed by atoms with Gasteiger partial charge in [-0.25, -0.2) is 0 Å². The molecule has 0 saturated heterocycles. The molecule has 0 bridgehead atoms. The fraction of sp³-hybridized carbons (Fsp3) is 0.333. The molecule has 0 heterocycles. The summed E-state index contributed by atoms with van der Waals surface area (Å²) >= 11 is 0. The molecule has 2 N–H and O–H groups in total. The van der Waals surface area contributed by atoms with E-state index in [0.717, 1.165) is 29.6 Å². The zero-order valence-electron chi connectivity index (χ0n) is 10.5. The average Bonchev–Trinajstić information content (AvgIpc) is 2.23. The van der Waals surface area contributed by atoms with E-state index in [-0.39, 0.29) is 17.4 Å². The lowest BCUT2D eigenvalue weighted by Gasteiger charge is -2.19. The Morgan fingerprint density at radius 3 is 2.41 bits per heavy atom. The first-order valence-corrected chi connectivity index (χ1v) is 5.74. The van der Waals surface area contributed by atoms with E-state index in [1.54, 1.807) is 6.07 Å². The highest BCUT2D eigenvalue weighted by molar-refractivity contribution is 5.48. The number of aromatic hydroxyl groups is 2. The lowest BCUT2D eigenvalue weighted by atomic mass is 9.87. The maximum Gasteiger partial charge on any atom is 0.161 e. The standard InChI is InChI=1S/C15H20O2/c1-10(2)8-9-12(11(3)4)13-6-5-7-14(16)15(13)17/h5-7,12,16-17H,1,3,8-9H2,2,4H3. The Morgan fingerprint density at radius 2 is 1.88 bits per heavy atom. The minimum Gasteiger partial charge on any atom is -0.504 e. The third kappa shape index (κ3) is 3.38. The Bertz CT molecular complexity index is 433. The molecular formula is C15H20O2. The first kappa shape index (κ1) is 13.4. The molecule has 0 aliphatic carbocycles. The predicted octanol–water partition coefficient (Wildman–Crippen LogP) is 4.11. The van der Waals surface area contributed by atoms with E-state index in [4.69, 9.17) is 0 Å². The van der Waals surface area contributed by atoms with Crippen LogP contribution >= 0.6 is 0 Å². The van der Waals surface area contributed by atoms with Gasteiger partial charge in [0.1, 0.15) is 0 Å². The van der Waals surface area contributed by atoms with E-state index in [2.05, 4.69) is 13.2 Å². The Kier molecular flexibility index (Phi) is 4.38. The minimum atomic E-state index is -0.0796. The maximum absolute atomic E-state index is 9.87. The van der Waals surface area contributed by atoms with Crippen molar-refractivity contribution in [2.45, 2.75) is 32.6 Å². The lowest BCUT2D eigenvalue weighted by molar-refractivity contribution is 0.396. The second kappa shape index (κ2) is 5.58. The predicted molar refractivity (Wildman–Crippen MR) is 71.4 cm³/mol. The van der Waals surface area contributed by atoms with E-state index in [0.29, 0.717) is 0 Å². The molecule has 92 valence electrons. The Labute approximate surface area is 103 Å². The normalized spacial score (nSPS) is 12.1. The fourth-order valence-electron chi connectivity index (χ4n) is 1.89. The summed E-state index contributed by atoms with van der Waals surface area (Å²) < 4.78 is 0. The number of allylic oxidation sites excluding steroid dienone is 2. The minimum absolute atomic E-state index is 0.0396. The van der Waals surface area contributed by atoms with E-state index in [1.807, 2.05) is 19.9 Å². The maximum atomic E-state index is 9.87. The largest absolute Gasteiger partial charge is 0.504 e. The van der Waals surface area contributed by atoms with E-state index < -0.39 is 0 Å². The summed E-state index contributed by atoms with van der Waals surface area (Å²) in [6.45, 7) is 11.8. The Balaban J connectivity index is 3.01. The molecule has 0 radical (unpaired) electrons. The number of phenolic OH excluding ortho intramolecular Hbond substituents is 2. The van der Waals surface area contributed by atoms with E-state index in [1.165, 1.54) is 6.07 Å². The lowest BCUT2D eigenvalue weighted by Crippen LogP contribution is -2.01. The van der Waals surface area contributed by atoms with Crippen LogP contribution in [0.25, 0.3) is 0 Å². The van der Waals surface area contributed by atoms with Gasteiger partial charge in [-0.2, -0.15) is 0 Å². The summed E-state index contributed by atoms with van der Waals surface area (Å²) in [6, 6.07) is 5.04. The van der Waals surface area contributed by atoms with Gasteiger partial charge in [0.15, 0.2) is 11.5 Å². The molecule has 0 saturated carbocycles. The van der Waals surface area contributed by atoms with Crippen LogP contribution in [0.3, 0.4) is 0 Å². The number of rotatable bonds is 5. The molecule has 1 unspecified atom stereocenters. The van der Waals surface area contributed by atoms with Crippen LogP contribution in [0.2, 0.25) is 0 Å². The molecule has 0 aromatic heterocycles. The molecule has 0 amide bonds. The van der Waals surface area contributed by atoms with Gasteiger partial charge < -0.3 is 10.2 Å². The van der Waals surface area contributed by atoms with Crippen LogP contribution in [-0.4, -0.2) is 10.2 Å². The van der Waals surface area contributed by atoms with Gasteiger partial charge in [-0.15, -0.1) is 6.58 Å². The second-order valence-electron chi connectivity index (χ2n) is 4.61. The SMILES string of the molecule is C=C(C)CCC(C(=C)C)c1cccc(O)c1O. The van der Waals surface area contributed by atoms with Gasteiger partial charge >= 0.3 is 0 Å². The van der Waals surface area contributed by atoms with Gasteiger partial charge in [0.2, 0.25) is 0 Å². The number of hydrogen-bond acceptors (Lipinski definition) is 2. The molecule has 17 heavy (non-hydrogen) atoms. The van der Waals surface area contributed by atoms with Gasteiger partial charge in [-0.3, -0.25) is 0 Å². The third-order valence-electron chi connectivity index (χ3n) is 2.88. The van der Waals surface area contributed by atoms with Crippen molar-refractivity contribution >= 4 is 0 Å². The number of para-hydroxylation sites is 1. The highest BCUT2D eigenvalue weighted by atomic mass is 16.3.